The van der Waals surface area contributed by atoms with Crippen molar-refractivity contribution < 1.29 is 4.79 Å². The zero-order chi connectivity index (χ0) is 30.9. The fraction of sp³-hybridized carbons (Fsp3) is 0.270. The first kappa shape index (κ1) is 31.0. The van der Waals surface area contributed by atoms with Gasteiger partial charge >= 0.3 is 0 Å². The van der Waals surface area contributed by atoms with Gasteiger partial charge in [0.05, 0.1) is 24.4 Å². The number of carbonyl (C=O) groups is 1. The van der Waals surface area contributed by atoms with Gasteiger partial charge in [0.25, 0.3) is 0 Å². The van der Waals surface area contributed by atoms with Gasteiger partial charge in [-0.3, -0.25) is 9.69 Å². The molecule has 0 aliphatic rings. The van der Waals surface area contributed by atoms with Crippen molar-refractivity contribution in [3.8, 4) is 6.07 Å². The average molecular weight is 604 g/mol. The summed E-state index contributed by atoms with van der Waals surface area (Å²) in [6.07, 6.45) is 4.69. The monoisotopic (exact) mass is 603 g/mol. The van der Waals surface area contributed by atoms with Crippen LogP contribution in [0.1, 0.15) is 48.2 Å². The van der Waals surface area contributed by atoms with E-state index in [1.807, 2.05) is 47.0 Å². The molecular formula is C37H38ClN5O. The smallest absolute Gasteiger partial charge is 0.226 e. The highest BCUT2D eigenvalue weighted by Gasteiger charge is 2.23. The molecule has 0 radical (unpaired) electrons. The Morgan fingerprint density at radius 2 is 1.77 bits per heavy atom. The van der Waals surface area contributed by atoms with E-state index in [9.17, 15) is 4.79 Å². The number of nitrogens with one attached hydrogen (secondary N) is 1. The van der Waals surface area contributed by atoms with E-state index in [-0.39, 0.29) is 24.3 Å². The number of rotatable bonds is 13. The molecule has 1 heterocycles. The Balaban J connectivity index is 1.33. The number of benzene rings is 4. The Bertz CT molecular complexity index is 1730. The number of hydrogen-bond donors (Lipinski definition) is 1. The number of fused-ring (bicyclic) bond motifs is 1. The number of amides is 1. The standard InChI is InChI=1S/C37H38ClN5O/c1-3-27(2)36(41-37(44)19-34-21-40-26-43(34)23-29-16-14-28(20-39)15-17-29)25-42(22-30-8-6-12-33(38)18-30)24-32-11-7-10-31-9-4-5-13-35(31)32/h4-18,21,26-27,36H,3,19,22-25H2,1-2H3,(H,41,44)/t27-,36+/m0/s1. The Hall–Kier alpha value is -4.44. The van der Waals surface area contributed by atoms with Crippen molar-refractivity contribution in [2.24, 2.45) is 5.92 Å². The predicted octanol–water partition coefficient (Wildman–Crippen LogP) is 7.39. The molecule has 0 fully saturated rings. The van der Waals surface area contributed by atoms with Crippen molar-refractivity contribution >= 4 is 28.3 Å². The fourth-order valence-corrected chi connectivity index (χ4v) is 5.83. The predicted molar refractivity (Wildman–Crippen MR) is 177 cm³/mol. The average Bonchev–Trinajstić information content (AvgIpc) is 3.46. The van der Waals surface area contributed by atoms with E-state index in [0.29, 0.717) is 25.2 Å². The number of imidazole rings is 1. The minimum Gasteiger partial charge on any atom is -0.351 e. The molecule has 0 spiro atoms. The summed E-state index contributed by atoms with van der Waals surface area (Å²) < 4.78 is 1.99. The summed E-state index contributed by atoms with van der Waals surface area (Å²) in [6.45, 7) is 7.11. The molecule has 1 amide bonds. The maximum atomic E-state index is 13.5. The molecule has 0 saturated carbocycles. The molecule has 0 bridgehead atoms. The molecule has 224 valence electrons. The third-order valence-corrected chi connectivity index (χ3v) is 8.51. The number of nitrogens with zero attached hydrogens (tertiary/aromatic N) is 4. The summed E-state index contributed by atoms with van der Waals surface area (Å²) in [5.41, 5.74) is 4.91. The maximum absolute atomic E-state index is 13.5. The quantitative estimate of drug-likeness (QED) is 0.152. The molecule has 0 aliphatic heterocycles. The Labute approximate surface area is 264 Å². The minimum atomic E-state index is -0.0449. The molecule has 6 nitrogen and oxygen atoms in total. The lowest BCUT2D eigenvalue weighted by Crippen LogP contribution is -2.47. The topological polar surface area (TPSA) is 74.0 Å². The molecule has 2 atom stereocenters. The Morgan fingerprint density at radius 3 is 2.55 bits per heavy atom. The van der Waals surface area contributed by atoms with Crippen molar-refractivity contribution in [1.29, 1.82) is 5.26 Å². The minimum absolute atomic E-state index is 0.0234. The Kier molecular flexibility index (Phi) is 10.5. The zero-order valence-electron chi connectivity index (χ0n) is 25.3. The van der Waals surface area contributed by atoms with Gasteiger partial charge in [0.1, 0.15) is 0 Å². The van der Waals surface area contributed by atoms with Crippen molar-refractivity contribution in [2.75, 3.05) is 6.54 Å². The SMILES string of the molecule is CC[C@H](C)[C@@H](CN(Cc1cccc(Cl)c1)Cc1cccc2ccccc12)NC(=O)Cc1cncn1Cc1ccc(C#N)cc1. The normalized spacial score (nSPS) is 12.6. The highest BCUT2D eigenvalue weighted by molar-refractivity contribution is 6.30. The van der Waals surface area contributed by atoms with Crippen LogP contribution in [-0.4, -0.2) is 32.9 Å². The molecule has 4 aromatic carbocycles. The summed E-state index contributed by atoms with van der Waals surface area (Å²) >= 11 is 6.36. The Morgan fingerprint density at radius 1 is 1.00 bits per heavy atom. The molecule has 0 aliphatic carbocycles. The molecule has 5 rings (SSSR count). The zero-order valence-corrected chi connectivity index (χ0v) is 26.0. The molecule has 1 aromatic heterocycles. The first-order valence-electron chi connectivity index (χ1n) is 15.1. The number of nitriles is 1. The third kappa shape index (κ3) is 8.13. The van der Waals surface area contributed by atoms with Crippen LogP contribution in [0.2, 0.25) is 5.02 Å². The molecule has 7 heteroatoms. The van der Waals surface area contributed by atoms with Crippen LogP contribution in [0, 0.1) is 17.2 Å². The third-order valence-electron chi connectivity index (χ3n) is 8.28. The van der Waals surface area contributed by atoms with Gasteiger partial charge in [-0.05, 0) is 57.6 Å². The second-order valence-corrected chi connectivity index (χ2v) is 11.9. The van der Waals surface area contributed by atoms with Gasteiger partial charge in [0.15, 0.2) is 0 Å². The second-order valence-electron chi connectivity index (χ2n) is 11.5. The van der Waals surface area contributed by atoms with Gasteiger partial charge in [-0.1, -0.05) is 98.6 Å². The van der Waals surface area contributed by atoms with Crippen LogP contribution in [0.5, 0.6) is 0 Å². The van der Waals surface area contributed by atoms with Gasteiger partial charge in [-0.25, -0.2) is 4.98 Å². The molecule has 0 saturated heterocycles. The van der Waals surface area contributed by atoms with E-state index in [2.05, 4.69) is 83.6 Å². The number of aromatic nitrogens is 2. The first-order valence-corrected chi connectivity index (χ1v) is 15.5. The van der Waals surface area contributed by atoms with Crippen LogP contribution in [0.3, 0.4) is 0 Å². The van der Waals surface area contributed by atoms with Gasteiger partial charge in [-0.15, -0.1) is 0 Å². The van der Waals surface area contributed by atoms with Gasteiger partial charge in [0, 0.05) is 49.1 Å². The van der Waals surface area contributed by atoms with Crippen molar-refractivity contribution in [2.45, 2.75) is 52.4 Å². The van der Waals surface area contributed by atoms with Crippen LogP contribution < -0.4 is 5.32 Å². The highest BCUT2D eigenvalue weighted by atomic mass is 35.5. The van der Waals surface area contributed by atoms with Crippen LogP contribution in [0.4, 0.5) is 0 Å². The lowest BCUT2D eigenvalue weighted by molar-refractivity contribution is -0.121. The van der Waals surface area contributed by atoms with Crippen LogP contribution in [0.25, 0.3) is 10.8 Å². The second kappa shape index (κ2) is 14.8. The number of halogens is 1. The van der Waals surface area contributed by atoms with Crippen LogP contribution in [0.15, 0.2) is 104 Å². The highest BCUT2D eigenvalue weighted by Crippen LogP contribution is 2.23. The van der Waals surface area contributed by atoms with Gasteiger partial charge in [0.2, 0.25) is 5.91 Å². The molecule has 5 aromatic rings. The lowest BCUT2D eigenvalue weighted by Gasteiger charge is -2.32. The van der Waals surface area contributed by atoms with Gasteiger partial charge < -0.3 is 9.88 Å². The fourth-order valence-electron chi connectivity index (χ4n) is 5.62. The first-order chi connectivity index (χ1) is 21.4. The van der Waals surface area contributed by atoms with E-state index < -0.39 is 0 Å². The largest absolute Gasteiger partial charge is 0.351 e. The van der Waals surface area contributed by atoms with Crippen LogP contribution in [-0.2, 0) is 30.8 Å². The summed E-state index contributed by atoms with van der Waals surface area (Å²) in [5, 5.41) is 15.7. The van der Waals surface area contributed by atoms with Crippen molar-refractivity contribution in [3.63, 3.8) is 0 Å². The van der Waals surface area contributed by atoms with E-state index >= 15 is 0 Å². The molecule has 0 unspecified atom stereocenters. The van der Waals surface area contributed by atoms with E-state index in [4.69, 9.17) is 16.9 Å². The van der Waals surface area contributed by atoms with Crippen LogP contribution >= 0.6 is 11.6 Å². The number of hydrogen-bond acceptors (Lipinski definition) is 4. The molecule has 1 N–H and O–H groups in total. The summed E-state index contributed by atoms with van der Waals surface area (Å²) in [7, 11) is 0. The van der Waals surface area contributed by atoms with Gasteiger partial charge in [-0.2, -0.15) is 5.26 Å². The summed E-state index contributed by atoms with van der Waals surface area (Å²) in [4.78, 5) is 20.3. The molecular weight excluding hydrogens is 566 g/mol. The van der Waals surface area contributed by atoms with E-state index in [1.165, 1.54) is 16.3 Å². The summed E-state index contributed by atoms with van der Waals surface area (Å²) in [5.74, 6) is 0.252. The van der Waals surface area contributed by atoms with E-state index in [0.717, 1.165) is 34.8 Å². The maximum Gasteiger partial charge on any atom is 0.226 e. The lowest BCUT2D eigenvalue weighted by atomic mass is 9.97. The molecule has 44 heavy (non-hydrogen) atoms. The van der Waals surface area contributed by atoms with Crippen molar-refractivity contribution in [3.05, 3.63) is 136 Å². The van der Waals surface area contributed by atoms with Crippen molar-refractivity contribution in [1.82, 2.24) is 19.8 Å². The summed E-state index contributed by atoms with van der Waals surface area (Å²) in [6, 6.07) is 32.5. The van der Waals surface area contributed by atoms with E-state index in [1.54, 1.807) is 12.5 Å². The number of carbonyl (C=O) groups excluding carboxylic acids is 1.